The Labute approximate surface area is 150 Å². The number of amides is 2. The van der Waals surface area contributed by atoms with E-state index < -0.39 is 11.8 Å². The van der Waals surface area contributed by atoms with Crippen LogP contribution in [0.5, 0.6) is 11.5 Å². The minimum Gasteiger partial charge on any atom is -0.491 e. The van der Waals surface area contributed by atoms with Crippen LogP contribution in [-0.4, -0.2) is 25.5 Å². The number of fused-ring (bicyclic) bond motifs is 1. The molecule has 3 rings (SSSR count). The van der Waals surface area contributed by atoms with Gasteiger partial charge in [-0.05, 0) is 42.3 Å². The Bertz CT molecular complexity index is 889. The zero-order chi connectivity index (χ0) is 18.0. The van der Waals surface area contributed by atoms with Crippen LogP contribution >= 0.6 is 11.6 Å². The molecule has 2 aromatic rings. The molecule has 0 fully saturated rings. The second kappa shape index (κ2) is 6.99. The van der Waals surface area contributed by atoms with Crippen LogP contribution in [0.1, 0.15) is 28.4 Å². The predicted octanol–water partition coefficient (Wildman–Crippen LogP) is 3.56. The minimum absolute atomic E-state index is 0.376. The lowest BCUT2D eigenvalue weighted by atomic mass is 9.93. The number of nitrogens with one attached hydrogen (secondary N) is 1. The van der Waals surface area contributed by atoms with Gasteiger partial charge in [-0.3, -0.25) is 14.9 Å². The number of halogens is 1. The summed E-state index contributed by atoms with van der Waals surface area (Å²) in [7, 11) is 1.51. The summed E-state index contributed by atoms with van der Waals surface area (Å²) in [5, 5.41) is 2.72. The third-order valence-corrected chi connectivity index (χ3v) is 4.06. The van der Waals surface area contributed by atoms with Crippen molar-refractivity contribution < 1.29 is 19.1 Å². The van der Waals surface area contributed by atoms with Crippen molar-refractivity contribution in [2.75, 3.05) is 13.7 Å². The molecular formula is C19H16ClNO4. The molecule has 0 saturated heterocycles. The molecule has 0 aliphatic carbocycles. The highest BCUT2D eigenvalue weighted by Gasteiger charge is 2.26. The molecule has 0 unspecified atom stereocenters. The molecule has 5 nitrogen and oxygen atoms in total. The molecule has 1 aliphatic heterocycles. The van der Waals surface area contributed by atoms with Crippen molar-refractivity contribution in [2.24, 2.45) is 0 Å². The van der Waals surface area contributed by atoms with Gasteiger partial charge in [0, 0.05) is 11.1 Å². The van der Waals surface area contributed by atoms with E-state index in [-0.39, 0.29) is 0 Å². The van der Waals surface area contributed by atoms with Crippen molar-refractivity contribution >= 4 is 35.1 Å². The average molecular weight is 358 g/mol. The number of hydrogen-bond donors (Lipinski definition) is 1. The van der Waals surface area contributed by atoms with Crippen molar-refractivity contribution in [1.82, 2.24) is 5.32 Å². The predicted molar refractivity (Wildman–Crippen MR) is 96.0 cm³/mol. The van der Waals surface area contributed by atoms with Crippen LogP contribution in [0.3, 0.4) is 0 Å². The van der Waals surface area contributed by atoms with Crippen LogP contribution in [0.25, 0.3) is 11.6 Å². The quantitative estimate of drug-likeness (QED) is 0.671. The van der Waals surface area contributed by atoms with Gasteiger partial charge in [-0.15, -0.1) is 0 Å². The Hall–Kier alpha value is -2.79. The van der Waals surface area contributed by atoms with Crippen molar-refractivity contribution in [1.29, 1.82) is 0 Å². The molecule has 0 saturated carbocycles. The molecular weight excluding hydrogens is 342 g/mol. The summed E-state index contributed by atoms with van der Waals surface area (Å²) in [6.07, 6.45) is 1.68. The maximum atomic E-state index is 12.3. The standard InChI is InChI=1S/C19H16ClNO4/c1-3-25-16-10-11(9-15(20)17(16)24-2)8-14-12-6-4-5-7-13(12)18(22)21-19(14)23/h4-10H,3H2,1-2H3,(H,21,22,23)/b14-8+. The van der Waals surface area contributed by atoms with E-state index >= 15 is 0 Å². The first-order valence-corrected chi connectivity index (χ1v) is 8.10. The fraction of sp³-hybridized carbons (Fsp3) is 0.158. The van der Waals surface area contributed by atoms with Gasteiger partial charge in [0.05, 0.1) is 18.7 Å². The van der Waals surface area contributed by atoms with Gasteiger partial charge in [0.25, 0.3) is 11.8 Å². The second-order valence-electron chi connectivity index (χ2n) is 5.35. The summed E-state index contributed by atoms with van der Waals surface area (Å²) in [6.45, 7) is 2.31. The molecule has 0 bridgehead atoms. The highest BCUT2D eigenvalue weighted by molar-refractivity contribution is 6.34. The first-order valence-electron chi connectivity index (χ1n) is 7.72. The van der Waals surface area contributed by atoms with Gasteiger partial charge < -0.3 is 9.47 Å². The molecule has 0 radical (unpaired) electrons. The highest BCUT2D eigenvalue weighted by Crippen LogP contribution is 2.37. The monoisotopic (exact) mass is 357 g/mol. The lowest BCUT2D eigenvalue weighted by molar-refractivity contribution is -0.114. The van der Waals surface area contributed by atoms with E-state index in [1.54, 1.807) is 42.5 Å². The number of methoxy groups -OCH3 is 1. The van der Waals surface area contributed by atoms with E-state index in [1.165, 1.54) is 7.11 Å². The maximum Gasteiger partial charge on any atom is 0.258 e. The molecule has 1 N–H and O–H groups in total. The third kappa shape index (κ3) is 3.23. The van der Waals surface area contributed by atoms with Gasteiger partial charge in [-0.1, -0.05) is 29.8 Å². The molecule has 2 aromatic carbocycles. The van der Waals surface area contributed by atoms with Crippen molar-refractivity contribution in [3.8, 4) is 11.5 Å². The van der Waals surface area contributed by atoms with Crippen LogP contribution < -0.4 is 14.8 Å². The number of carbonyl (C=O) groups is 2. The summed E-state index contributed by atoms with van der Waals surface area (Å²) in [5.41, 5.74) is 2.10. The molecule has 2 amide bonds. The summed E-state index contributed by atoms with van der Waals surface area (Å²) >= 11 is 6.26. The van der Waals surface area contributed by atoms with Gasteiger partial charge in [-0.2, -0.15) is 0 Å². The van der Waals surface area contributed by atoms with E-state index in [0.717, 1.165) is 0 Å². The minimum atomic E-state index is -0.450. The fourth-order valence-corrected chi connectivity index (χ4v) is 3.01. The van der Waals surface area contributed by atoms with Gasteiger partial charge in [0.15, 0.2) is 11.5 Å². The zero-order valence-electron chi connectivity index (χ0n) is 13.8. The molecule has 0 spiro atoms. The summed E-state index contributed by atoms with van der Waals surface area (Å²) in [6, 6.07) is 10.4. The summed E-state index contributed by atoms with van der Waals surface area (Å²) in [4.78, 5) is 24.3. The Morgan fingerprint density at radius 2 is 1.84 bits per heavy atom. The largest absolute Gasteiger partial charge is 0.491 e. The number of ether oxygens (including phenoxy) is 2. The molecule has 0 atom stereocenters. The SMILES string of the molecule is CCOc1cc(/C=C2/C(=O)NC(=O)c3ccccc32)cc(Cl)c1OC. The van der Waals surface area contributed by atoms with Crippen LogP contribution in [0.15, 0.2) is 36.4 Å². The van der Waals surface area contributed by atoms with E-state index in [2.05, 4.69) is 5.32 Å². The molecule has 1 aliphatic rings. The van der Waals surface area contributed by atoms with Crippen LogP contribution in [0.4, 0.5) is 0 Å². The first-order chi connectivity index (χ1) is 12.0. The zero-order valence-corrected chi connectivity index (χ0v) is 14.5. The van der Waals surface area contributed by atoms with E-state index in [9.17, 15) is 9.59 Å². The van der Waals surface area contributed by atoms with Gasteiger partial charge in [0.2, 0.25) is 0 Å². The van der Waals surface area contributed by atoms with E-state index in [4.69, 9.17) is 21.1 Å². The van der Waals surface area contributed by atoms with E-state index in [1.807, 2.05) is 6.92 Å². The van der Waals surface area contributed by atoms with Crippen LogP contribution in [0.2, 0.25) is 5.02 Å². The van der Waals surface area contributed by atoms with Crippen LogP contribution in [-0.2, 0) is 4.79 Å². The third-order valence-electron chi connectivity index (χ3n) is 3.78. The van der Waals surface area contributed by atoms with Crippen molar-refractivity contribution in [3.05, 3.63) is 58.1 Å². The van der Waals surface area contributed by atoms with Crippen molar-refractivity contribution in [3.63, 3.8) is 0 Å². The summed E-state index contributed by atoms with van der Waals surface area (Å²) in [5.74, 6) is 0.0772. The lowest BCUT2D eigenvalue weighted by Gasteiger charge is -2.18. The number of hydrogen-bond acceptors (Lipinski definition) is 4. The van der Waals surface area contributed by atoms with Gasteiger partial charge in [0.1, 0.15) is 0 Å². The van der Waals surface area contributed by atoms with Crippen LogP contribution in [0, 0.1) is 0 Å². The Kier molecular flexibility index (Phi) is 4.76. The summed E-state index contributed by atoms with van der Waals surface area (Å²) < 4.78 is 10.8. The highest BCUT2D eigenvalue weighted by atomic mass is 35.5. The number of rotatable bonds is 4. The number of imide groups is 1. The van der Waals surface area contributed by atoms with E-state index in [0.29, 0.717) is 45.4 Å². The second-order valence-corrected chi connectivity index (χ2v) is 5.76. The van der Waals surface area contributed by atoms with Gasteiger partial charge in [-0.25, -0.2) is 0 Å². The fourth-order valence-electron chi connectivity index (χ4n) is 2.72. The lowest BCUT2D eigenvalue weighted by Crippen LogP contribution is -2.36. The Morgan fingerprint density at radius 1 is 1.12 bits per heavy atom. The van der Waals surface area contributed by atoms with Crippen molar-refractivity contribution in [2.45, 2.75) is 6.92 Å². The molecule has 25 heavy (non-hydrogen) atoms. The maximum absolute atomic E-state index is 12.3. The van der Waals surface area contributed by atoms with Gasteiger partial charge >= 0.3 is 0 Å². The Balaban J connectivity index is 2.13. The molecule has 128 valence electrons. The Morgan fingerprint density at radius 3 is 2.52 bits per heavy atom. The molecule has 1 heterocycles. The average Bonchev–Trinajstić information content (AvgIpc) is 2.59. The smallest absolute Gasteiger partial charge is 0.258 e. The molecule has 0 aromatic heterocycles. The number of carbonyl (C=O) groups excluding carboxylic acids is 2. The normalized spacial score (nSPS) is 14.9. The topological polar surface area (TPSA) is 64.6 Å². The number of benzene rings is 2. The molecule has 6 heteroatoms. The first kappa shape index (κ1) is 17.0.